The van der Waals surface area contributed by atoms with E-state index in [-0.39, 0.29) is 11.7 Å². The van der Waals surface area contributed by atoms with Gasteiger partial charge in [-0.25, -0.2) is 5.43 Å². The Labute approximate surface area is 184 Å². The van der Waals surface area contributed by atoms with Gasteiger partial charge in [0.2, 0.25) is 17.8 Å². The minimum Gasteiger partial charge on any atom is -0.507 e. The number of para-hydroxylation sites is 2. The van der Waals surface area contributed by atoms with E-state index in [9.17, 15) is 5.11 Å². The zero-order valence-electron chi connectivity index (χ0n) is 17.2. The van der Waals surface area contributed by atoms with Crippen molar-refractivity contribution in [2.75, 3.05) is 23.2 Å². The molecule has 160 valence electrons. The summed E-state index contributed by atoms with van der Waals surface area (Å²) in [6.07, 6.45) is 1.49. The maximum atomic E-state index is 9.87. The van der Waals surface area contributed by atoms with Crippen LogP contribution in [0.15, 0.2) is 84.0 Å². The first-order valence-corrected chi connectivity index (χ1v) is 9.76. The van der Waals surface area contributed by atoms with Crippen molar-refractivity contribution in [2.45, 2.75) is 0 Å². The number of hydrazone groups is 1. The van der Waals surface area contributed by atoms with Gasteiger partial charge in [-0.2, -0.15) is 20.1 Å². The van der Waals surface area contributed by atoms with E-state index < -0.39 is 0 Å². The Morgan fingerprint density at radius 1 is 0.750 bits per heavy atom. The lowest BCUT2D eigenvalue weighted by atomic mass is 10.2. The van der Waals surface area contributed by atoms with E-state index in [1.54, 1.807) is 25.3 Å². The molecule has 9 nitrogen and oxygen atoms in total. The fourth-order valence-electron chi connectivity index (χ4n) is 2.75. The van der Waals surface area contributed by atoms with E-state index in [1.165, 1.54) is 6.21 Å². The number of rotatable bonds is 8. The van der Waals surface area contributed by atoms with Gasteiger partial charge >= 0.3 is 0 Å². The molecule has 3 aromatic carbocycles. The molecule has 0 unspecified atom stereocenters. The fraction of sp³-hybridized carbons (Fsp3) is 0.0435. The van der Waals surface area contributed by atoms with Crippen LogP contribution in [0.5, 0.6) is 11.5 Å². The van der Waals surface area contributed by atoms with Crippen molar-refractivity contribution in [1.29, 1.82) is 0 Å². The van der Waals surface area contributed by atoms with Crippen LogP contribution in [0.25, 0.3) is 0 Å². The number of anilines is 5. The quantitative estimate of drug-likeness (QED) is 0.240. The van der Waals surface area contributed by atoms with Crippen LogP contribution < -0.4 is 20.8 Å². The Kier molecular flexibility index (Phi) is 6.37. The third kappa shape index (κ3) is 5.48. The maximum absolute atomic E-state index is 9.87. The highest BCUT2D eigenvalue weighted by molar-refractivity contribution is 5.83. The molecule has 0 saturated heterocycles. The summed E-state index contributed by atoms with van der Waals surface area (Å²) in [4.78, 5) is 13.2. The molecule has 0 atom stereocenters. The largest absolute Gasteiger partial charge is 0.507 e. The number of hydrogen-bond acceptors (Lipinski definition) is 9. The molecule has 0 saturated carbocycles. The van der Waals surface area contributed by atoms with Gasteiger partial charge in [0.25, 0.3) is 0 Å². The molecule has 0 aliphatic carbocycles. The first kappa shape index (κ1) is 20.6. The first-order valence-electron chi connectivity index (χ1n) is 9.76. The van der Waals surface area contributed by atoms with E-state index in [2.05, 4.69) is 36.1 Å². The predicted molar refractivity (Wildman–Crippen MR) is 125 cm³/mol. The number of phenols is 1. The molecule has 0 bridgehead atoms. The number of methoxy groups -OCH3 is 1. The lowest BCUT2D eigenvalue weighted by Crippen LogP contribution is -2.07. The number of ether oxygens (including phenoxy) is 1. The lowest BCUT2D eigenvalue weighted by Gasteiger charge is -2.10. The van der Waals surface area contributed by atoms with Crippen molar-refractivity contribution in [3.05, 3.63) is 84.4 Å². The topological polar surface area (TPSA) is 117 Å². The molecule has 0 spiro atoms. The van der Waals surface area contributed by atoms with Gasteiger partial charge in [0, 0.05) is 16.9 Å². The minimum absolute atomic E-state index is 0.127. The lowest BCUT2D eigenvalue weighted by molar-refractivity contribution is 0.415. The molecule has 0 fully saturated rings. The van der Waals surface area contributed by atoms with Gasteiger partial charge in [0.15, 0.2) is 0 Å². The van der Waals surface area contributed by atoms with Gasteiger partial charge in [-0.1, -0.05) is 30.3 Å². The van der Waals surface area contributed by atoms with Crippen LogP contribution in [0.4, 0.5) is 29.2 Å². The van der Waals surface area contributed by atoms with Crippen molar-refractivity contribution < 1.29 is 9.84 Å². The fourth-order valence-corrected chi connectivity index (χ4v) is 2.75. The Bertz CT molecular complexity index is 1200. The third-order valence-electron chi connectivity index (χ3n) is 4.32. The molecule has 32 heavy (non-hydrogen) atoms. The average molecular weight is 427 g/mol. The van der Waals surface area contributed by atoms with Gasteiger partial charge in [0.05, 0.1) is 13.3 Å². The van der Waals surface area contributed by atoms with Crippen LogP contribution in [0, 0.1) is 0 Å². The van der Waals surface area contributed by atoms with Crippen molar-refractivity contribution in [3.63, 3.8) is 0 Å². The summed E-state index contributed by atoms with van der Waals surface area (Å²) in [6, 6.07) is 23.8. The van der Waals surface area contributed by atoms with Crippen LogP contribution in [0.3, 0.4) is 0 Å². The second-order valence-corrected chi connectivity index (χ2v) is 6.58. The van der Waals surface area contributed by atoms with Gasteiger partial charge in [-0.3, -0.25) is 0 Å². The van der Waals surface area contributed by atoms with Crippen molar-refractivity contribution >= 4 is 35.4 Å². The zero-order chi connectivity index (χ0) is 22.2. The van der Waals surface area contributed by atoms with Crippen molar-refractivity contribution in [1.82, 2.24) is 15.0 Å². The molecular weight excluding hydrogens is 406 g/mol. The van der Waals surface area contributed by atoms with E-state index in [0.29, 0.717) is 17.5 Å². The average Bonchev–Trinajstić information content (AvgIpc) is 2.81. The number of phenolic OH excluding ortho intramolecular Hbond substituents is 1. The summed E-state index contributed by atoms with van der Waals surface area (Å²) >= 11 is 0. The molecule has 1 aromatic heterocycles. The molecule has 4 rings (SSSR count). The van der Waals surface area contributed by atoms with E-state index in [0.717, 1.165) is 17.1 Å². The van der Waals surface area contributed by atoms with Crippen LogP contribution in [-0.2, 0) is 0 Å². The molecule has 0 aliphatic heterocycles. The van der Waals surface area contributed by atoms with Crippen molar-refractivity contribution in [2.24, 2.45) is 5.10 Å². The Morgan fingerprint density at radius 2 is 1.34 bits per heavy atom. The molecular formula is C23H21N7O2. The number of hydrogen-bond donors (Lipinski definition) is 4. The molecule has 4 aromatic rings. The van der Waals surface area contributed by atoms with E-state index in [4.69, 9.17) is 4.74 Å². The summed E-state index contributed by atoms with van der Waals surface area (Å²) in [5, 5.41) is 20.3. The highest BCUT2D eigenvalue weighted by atomic mass is 16.5. The molecule has 0 aliphatic rings. The van der Waals surface area contributed by atoms with E-state index in [1.807, 2.05) is 60.7 Å². The molecule has 1 heterocycles. The second kappa shape index (κ2) is 9.90. The smallest absolute Gasteiger partial charge is 0.250 e. The SMILES string of the molecule is COc1ccc(Nc2nc(NN=Cc3ccccc3O)nc(Nc3ccccc3)n2)cc1. The Morgan fingerprint density at radius 3 is 2.00 bits per heavy atom. The number of aromatic hydroxyl groups is 1. The van der Waals surface area contributed by atoms with Crippen LogP contribution in [-0.4, -0.2) is 33.4 Å². The van der Waals surface area contributed by atoms with E-state index >= 15 is 0 Å². The summed E-state index contributed by atoms with van der Waals surface area (Å²) in [7, 11) is 1.61. The van der Waals surface area contributed by atoms with Gasteiger partial charge in [-0.05, 0) is 48.5 Å². The highest BCUT2D eigenvalue weighted by Gasteiger charge is 2.08. The minimum atomic E-state index is 0.127. The van der Waals surface area contributed by atoms with Crippen LogP contribution in [0.1, 0.15) is 5.56 Å². The summed E-state index contributed by atoms with van der Waals surface area (Å²) in [5.74, 6) is 1.76. The summed E-state index contributed by atoms with van der Waals surface area (Å²) < 4.78 is 5.19. The number of aromatic nitrogens is 3. The van der Waals surface area contributed by atoms with Gasteiger partial charge in [0.1, 0.15) is 11.5 Å². The van der Waals surface area contributed by atoms with Crippen molar-refractivity contribution in [3.8, 4) is 11.5 Å². The van der Waals surface area contributed by atoms with Crippen LogP contribution in [0.2, 0.25) is 0 Å². The number of nitrogens with zero attached hydrogens (tertiary/aromatic N) is 4. The molecule has 0 radical (unpaired) electrons. The third-order valence-corrected chi connectivity index (χ3v) is 4.32. The monoisotopic (exact) mass is 427 g/mol. The number of benzene rings is 3. The molecule has 4 N–H and O–H groups in total. The van der Waals surface area contributed by atoms with Gasteiger partial charge < -0.3 is 20.5 Å². The maximum Gasteiger partial charge on any atom is 0.250 e. The Balaban J connectivity index is 1.58. The number of nitrogens with one attached hydrogen (secondary N) is 3. The summed E-state index contributed by atoms with van der Waals surface area (Å²) in [5.41, 5.74) is 4.97. The first-order chi connectivity index (χ1) is 15.7. The normalized spacial score (nSPS) is 10.7. The zero-order valence-corrected chi connectivity index (χ0v) is 17.2. The van der Waals surface area contributed by atoms with Gasteiger partial charge in [-0.15, -0.1) is 0 Å². The highest BCUT2D eigenvalue weighted by Crippen LogP contribution is 2.21. The second-order valence-electron chi connectivity index (χ2n) is 6.58. The summed E-state index contributed by atoms with van der Waals surface area (Å²) in [6.45, 7) is 0. The standard InChI is InChI=1S/C23H21N7O2/c1-32-19-13-11-18(12-14-19)26-22-27-21(25-17-8-3-2-4-9-17)28-23(29-22)30-24-15-16-7-5-6-10-20(16)31/h2-15,31H,1H3,(H3,25,26,27,28,29,30). The predicted octanol–water partition coefficient (Wildman–Crippen LogP) is 4.52. The molecule has 0 amide bonds. The van der Waals surface area contributed by atoms with Crippen LogP contribution >= 0.6 is 0 Å². The Hall–Kier alpha value is -4.66. The molecule has 9 heteroatoms.